The molecule has 1 fully saturated rings. The Kier molecular flexibility index (Phi) is 3.43. The molecule has 3 atom stereocenters. The van der Waals surface area contributed by atoms with E-state index in [-0.39, 0.29) is 18.1 Å². The fraction of sp³-hybridized carbons (Fsp3) is 0.316. The Balaban J connectivity index is 1.54. The van der Waals surface area contributed by atoms with Crippen LogP contribution in [0.1, 0.15) is 19.8 Å². The summed E-state index contributed by atoms with van der Waals surface area (Å²) in [5, 5.41) is 11.0. The average Bonchev–Trinajstić information content (AvgIpc) is 3.32. The molecule has 7 heteroatoms. The van der Waals surface area contributed by atoms with Gasteiger partial charge in [0.2, 0.25) is 5.88 Å². The number of nitrogens with zero attached hydrogens (tertiary/aromatic N) is 3. The van der Waals surface area contributed by atoms with Gasteiger partial charge in [0.15, 0.2) is 5.65 Å². The minimum Gasteiger partial charge on any atom is -0.473 e. The largest absolute Gasteiger partial charge is 0.473 e. The molecule has 0 spiro atoms. The number of rotatable bonds is 3. The summed E-state index contributed by atoms with van der Waals surface area (Å²) in [6, 6.07) is 8.08. The van der Waals surface area contributed by atoms with Crippen LogP contribution in [0.5, 0.6) is 5.88 Å². The van der Waals surface area contributed by atoms with Crippen molar-refractivity contribution in [3.63, 3.8) is 0 Å². The lowest BCUT2D eigenvalue weighted by Crippen LogP contribution is -2.14. The first-order valence-corrected chi connectivity index (χ1v) is 8.81. The average molecular weight is 349 g/mol. The lowest BCUT2D eigenvalue weighted by molar-refractivity contribution is 0.129. The number of fused-ring (bicyclic) bond motifs is 2. The van der Waals surface area contributed by atoms with Crippen molar-refractivity contribution in [3.8, 4) is 17.3 Å². The molecule has 7 nitrogen and oxygen atoms in total. The third-order valence-corrected chi connectivity index (χ3v) is 5.17. The second-order valence-corrected chi connectivity index (χ2v) is 6.97. The third kappa shape index (κ3) is 2.43. The minimum atomic E-state index is -0.319. The van der Waals surface area contributed by atoms with Gasteiger partial charge in [-0.3, -0.25) is 0 Å². The molecule has 1 aromatic carbocycles. The van der Waals surface area contributed by atoms with E-state index >= 15 is 0 Å². The SMILES string of the molecule is C[C@H]1C[C@@H](Oc2ncnc3nc(-c4c[nH]c5ccccc45)[nH]c23)C[C@@H]1O. The van der Waals surface area contributed by atoms with Gasteiger partial charge in [0, 0.05) is 29.1 Å². The van der Waals surface area contributed by atoms with Crippen LogP contribution in [0, 0.1) is 5.92 Å². The number of aliphatic hydroxyl groups excluding tert-OH is 1. The summed E-state index contributed by atoms with van der Waals surface area (Å²) in [7, 11) is 0. The van der Waals surface area contributed by atoms with Gasteiger partial charge in [-0.15, -0.1) is 0 Å². The van der Waals surface area contributed by atoms with Crippen molar-refractivity contribution in [2.45, 2.75) is 32.0 Å². The molecular weight excluding hydrogens is 330 g/mol. The van der Waals surface area contributed by atoms with Crippen molar-refractivity contribution >= 4 is 22.1 Å². The Hall–Kier alpha value is -2.93. The van der Waals surface area contributed by atoms with Crippen molar-refractivity contribution in [2.75, 3.05) is 0 Å². The molecule has 4 aromatic rings. The van der Waals surface area contributed by atoms with E-state index in [0.717, 1.165) is 28.7 Å². The van der Waals surface area contributed by atoms with Crippen LogP contribution in [0.2, 0.25) is 0 Å². The van der Waals surface area contributed by atoms with Gasteiger partial charge in [-0.2, -0.15) is 4.98 Å². The summed E-state index contributed by atoms with van der Waals surface area (Å²) in [4.78, 5) is 19.7. The Bertz CT molecular complexity index is 1080. The number of para-hydroxylation sites is 1. The Morgan fingerprint density at radius 2 is 2.08 bits per heavy atom. The summed E-state index contributed by atoms with van der Waals surface area (Å²) in [6.45, 7) is 2.04. The van der Waals surface area contributed by atoms with E-state index in [1.54, 1.807) is 0 Å². The lowest BCUT2D eigenvalue weighted by Gasteiger charge is -2.12. The minimum absolute atomic E-state index is 0.0436. The van der Waals surface area contributed by atoms with E-state index in [1.165, 1.54) is 6.33 Å². The van der Waals surface area contributed by atoms with Crippen LogP contribution in [-0.2, 0) is 0 Å². The van der Waals surface area contributed by atoms with Crippen LogP contribution < -0.4 is 4.74 Å². The molecule has 5 rings (SSSR count). The molecule has 1 aliphatic rings. The van der Waals surface area contributed by atoms with Crippen molar-refractivity contribution < 1.29 is 9.84 Å². The summed E-state index contributed by atoms with van der Waals surface area (Å²) >= 11 is 0. The van der Waals surface area contributed by atoms with Gasteiger partial charge in [-0.25, -0.2) is 9.97 Å². The molecule has 0 aliphatic heterocycles. The van der Waals surface area contributed by atoms with Gasteiger partial charge in [0.25, 0.3) is 0 Å². The monoisotopic (exact) mass is 349 g/mol. The number of hydrogen-bond donors (Lipinski definition) is 3. The fourth-order valence-corrected chi connectivity index (χ4v) is 3.72. The van der Waals surface area contributed by atoms with E-state index in [9.17, 15) is 5.11 Å². The van der Waals surface area contributed by atoms with Crippen LogP contribution in [-0.4, -0.2) is 42.2 Å². The summed E-state index contributed by atoms with van der Waals surface area (Å²) in [6.07, 6.45) is 4.47. The first kappa shape index (κ1) is 15.3. The molecule has 0 amide bonds. The fourth-order valence-electron chi connectivity index (χ4n) is 3.72. The second kappa shape index (κ2) is 5.81. The number of aromatic amines is 2. The summed E-state index contributed by atoms with van der Waals surface area (Å²) in [5.41, 5.74) is 3.29. The number of nitrogens with one attached hydrogen (secondary N) is 2. The highest BCUT2D eigenvalue weighted by atomic mass is 16.5. The topological polar surface area (TPSA) is 99.7 Å². The Labute approximate surface area is 149 Å². The molecule has 1 saturated carbocycles. The number of H-pyrrole nitrogens is 2. The molecule has 0 unspecified atom stereocenters. The predicted octanol–water partition coefficient (Wildman–Crippen LogP) is 3.04. The highest BCUT2D eigenvalue weighted by molar-refractivity contribution is 5.95. The molecule has 3 aromatic heterocycles. The first-order valence-electron chi connectivity index (χ1n) is 8.81. The van der Waals surface area contributed by atoms with Gasteiger partial charge < -0.3 is 19.8 Å². The third-order valence-electron chi connectivity index (χ3n) is 5.17. The number of imidazole rings is 1. The van der Waals surface area contributed by atoms with Gasteiger partial charge in [0.05, 0.1) is 6.10 Å². The molecule has 0 saturated heterocycles. The van der Waals surface area contributed by atoms with Gasteiger partial charge in [0.1, 0.15) is 23.8 Å². The zero-order valence-corrected chi connectivity index (χ0v) is 14.3. The van der Waals surface area contributed by atoms with E-state index in [0.29, 0.717) is 23.5 Å². The Morgan fingerprint density at radius 3 is 2.92 bits per heavy atom. The maximum absolute atomic E-state index is 9.95. The number of hydrogen-bond acceptors (Lipinski definition) is 5. The van der Waals surface area contributed by atoms with Crippen LogP contribution in [0.25, 0.3) is 33.5 Å². The molecule has 1 aliphatic carbocycles. The van der Waals surface area contributed by atoms with Crippen molar-refractivity contribution in [3.05, 3.63) is 36.8 Å². The molecule has 26 heavy (non-hydrogen) atoms. The Morgan fingerprint density at radius 1 is 1.19 bits per heavy atom. The van der Waals surface area contributed by atoms with Crippen molar-refractivity contribution in [1.82, 2.24) is 24.9 Å². The molecule has 0 radical (unpaired) electrons. The number of aromatic nitrogens is 5. The maximum atomic E-state index is 9.95. The van der Waals surface area contributed by atoms with E-state index in [1.807, 2.05) is 31.3 Å². The lowest BCUT2D eigenvalue weighted by atomic mass is 10.1. The smallest absolute Gasteiger partial charge is 0.243 e. The van der Waals surface area contributed by atoms with Gasteiger partial charge >= 0.3 is 0 Å². The van der Waals surface area contributed by atoms with Crippen LogP contribution >= 0.6 is 0 Å². The number of ether oxygens (including phenoxy) is 1. The van der Waals surface area contributed by atoms with E-state index in [2.05, 4.69) is 31.0 Å². The maximum Gasteiger partial charge on any atom is 0.243 e. The molecular formula is C19H19N5O2. The number of aliphatic hydroxyl groups is 1. The zero-order chi connectivity index (χ0) is 17.7. The van der Waals surface area contributed by atoms with E-state index < -0.39 is 0 Å². The zero-order valence-electron chi connectivity index (χ0n) is 14.3. The van der Waals surface area contributed by atoms with Crippen LogP contribution in [0.15, 0.2) is 36.8 Å². The predicted molar refractivity (Wildman–Crippen MR) is 97.8 cm³/mol. The van der Waals surface area contributed by atoms with Gasteiger partial charge in [-0.05, 0) is 18.4 Å². The van der Waals surface area contributed by atoms with E-state index in [4.69, 9.17) is 4.74 Å². The quantitative estimate of drug-likeness (QED) is 0.528. The summed E-state index contributed by atoms with van der Waals surface area (Å²) < 4.78 is 6.06. The first-order chi connectivity index (χ1) is 12.7. The van der Waals surface area contributed by atoms with Crippen molar-refractivity contribution in [1.29, 1.82) is 0 Å². The van der Waals surface area contributed by atoms with Crippen molar-refractivity contribution in [2.24, 2.45) is 5.92 Å². The van der Waals surface area contributed by atoms with Crippen LogP contribution in [0.4, 0.5) is 0 Å². The summed E-state index contributed by atoms with van der Waals surface area (Å²) in [5.74, 6) is 1.45. The second-order valence-electron chi connectivity index (χ2n) is 6.97. The number of benzene rings is 1. The molecule has 3 N–H and O–H groups in total. The highest BCUT2D eigenvalue weighted by Gasteiger charge is 2.32. The molecule has 132 valence electrons. The van der Waals surface area contributed by atoms with Crippen LogP contribution in [0.3, 0.4) is 0 Å². The highest BCUT2D eigenvalue weighted by Crippen LogP contribution is 2.32. The van der Waals surface area contributed by atoms with Gasteiger partial charge in [-0.1, -0.05) is 25.1 Å². The molecule has 0 bridgehead atoms. The standard InChI is InChI=1S/C19H19N5O2/c1-10-6-11(7-15(10)25)26-19-16-18(21-9-22-19)24-17(23-16)13-8-20-14-5-3-2-4-12(13)14/h2-5,8-11,15,20,25H,6-7H2,1H3,(H,21,22,23,24)/t10-,11+,15-/m0/s1. The molecule has 3 heterocycles. The normalized spacial score (nSPS) is 23.1.